The zero-order valence-electron chi connectivity index (χ0n) is 9.02. The van der Waals surface area contributed by atoms with Crippen molar-refractivity contribution in [1.82, 2.24) is 10.2 Å². The van der Waals surface area contributed by atoms with Gasteiger partial charge in [-0.3, -0.25) is 0 Å². The van der Waals surface area contributed by atoms with E-state index < -0.39 is 0 Å². The molecule has 82 valence electrons. The van der Waals surface area contributed by atoms with Crippen LogP contribution in [0.3, 0.4) is 0 Å². The summed E-state index contributed by atoms with van der Waals surface area (Å²) in [5.41, 5.74) is 0. The summed E-state index contributed by atoms with van der Waals surface area (Å²) in [6.45, 7) is 3.97. The molecule has 4 nitrogen and oxygen atoms in total. The van der Waals surface area contributed by atoms with E-state index in [0.717, 1.165) is 31.9 Å². The second kappa shape index (κ2) is 5.07. The zero-order valence-corrected chi connectivity index (χ0v) is 9.02. The Hall–Kier alpha value is -1.16. The topological polar surface area (TPSA) is 47.0 Å². The highest BCUT2D eigenvalue weighted by molar-refractivity contribution is 5.32. The minimum Gasteiger partial charge on any atom is -0.381 e. The summed E-state index contributed by atoms with van der Waals surface area (Å²) < 4.78 is 5.34. The normalized spacial score (nSPS) is 19.8. The minimum atomic E-state index is 0.436. The number of nitrogens with one attached hydrogen (secondary N) is 1. The van der Waals surface area contributed by atoms with Crippen LogP contribution in [0.1, 0.15) is 19.8 Å². The van der Waals surface area contributed by atoms with Gasteiger partial charge in [0, 0.05) is 25.5 Å². The molecule has 0 amide bonds. The van der Waals surface area contributed by atoms with Gasteiger partial charge >= 0.3 is 0 Å². The molecule has 0 radical (unpaired) electrons. The van der Waals surface area contributed by atoms with E-state index >= 15 is 0 Å². The smallest absolute Gasteiger partial charge is 0.148 e. The van der Waals surface area contributed by atoms with Gasteiger partial charge in [-0.1, -0.05) is 0 Å². The largest absolute Gasteiger partial charge is 0.381 e. The van der Waals surface area contributed by atoms with Crippen LogP contribution in [0.25, 0.3) is 0 Å². The molecule has 1 aliphatic heterocycles. The maximum absolute atomic E-state index is 5.34. The molecule has 1 saturated heterocycles. The van der Waals surface area contributed by atoms with Crippen LogP contribution < -0.4 is 5.32 Å². The molecule has 0 saturated carbocycles. The van der Waals surface area contributed by atoms with Crippen molar-refractivity contribution in [2.24, 2.45) is 5.92 Å². The average molecular weight is 207 g/mol. The summed E-state index contributed by atoms with van der Waals surface area (Å²) >= 11 is 0. The van der Waals surface area contributed by atoms with Gasteiger partial charge in [0.15, 0.2) is 0 Å². The third-order valence-electron chi connectivity index (χ3n) is 2.92. The fourth-order valence-electron chi connectivity index (χ4n) is 1.95. The summed E-state index contributed by atoms with van der Waals surface area (Å²) in [4.78, 5) is 0. The lowest BCUT2D eigenvalue weighted by Gasteiger charge is -2.28. The maximum Gasteiger partial charge on any atom is 0.148 e. The second-order valence-electron chi connectivity index (χ2n) is 3.99. The van der Waals surface area contributed by atoms with Crippen LogP contribution in [-0.4, -0.2) is 29.5 Å². The number of rotatable bonds is 3. The lowest BCUT2D eigenvalue weighted by atomic mass is 9.93. The van der Waals surface area contributed by atoms with E-state index in [4.69, 9.17) is 4.74 Å². The summed E-state index contributed by atoms with van der Waals surface area (Å²) in [6.07, 6.45) is 3.95. The molecule has 1 aromatic heterocycles. The molecule has 0 aromatic carbocycles. The van der Waals surface area contributed by atoms with Crippen molar-refractivity contribution >= 4 is 5.82 Å². The van der Waals surface area contributed by atoms with Crippen molar-refractivity contribution in [3.63, 3.8) is 0 Å². The predicted octanol–water partition coefficient (Wildman–Crippen LogP) is 1.70. The van der Waals surface area contributed by atoms with E-state index in [0.29, 0.717) is 12.0 Å². The highest BCUT2D eigenvalue weighted by Gasteiger charge is 2.20. The summed E-state index contributed by atoms with van der Waals surface area (Å²) in [6, 6.07) is 4.28. The Labute approximate surface area is 90.1 Å². The quantitative estimate of drug-likeness (QED) is 0.819. The van der Waals surface area contributed by atoms with Crippen LogP contribution in [-0.2, 0) is 4.74 Å². The van der Waals surface area contributed by atoms with Crippen molar-refractivity contribution < 1.29 is 4.74 Å². The highest BCUT2D eigenvalue weighted by Crippen LogP contribution is 2.20. The summed E-state index contributed by atoms with van der Waals surface area (Å²) in [7, 11) is 0. The Morgan fingerprint density at radius 2 is 2.27 bits per heavy atom. The standard InChI is InChI=1S/C11H17N3O/c1-9(10-4-7-15-8-5-10)13-11-3-2-6-12-14-11/h2-3,6,9-10H,4-5,7-8H2,1H3,(H,13,14). The molecule has 15 heavy (non-hydrogen) atoms. The Balaban J connectivity index is 1.88. The van der Waals surface area contributed by atoms with Crippen LogP contribution >= 0.6 is 0 Å². The number of ether oxygens (including phenoxy) is 1. The molecule has 4 heteroatoms. The Bertz CT molecular complexity index is 285. The van der Waals surface area contributed by atoms with E-state index in [2.05, 4.69) is 22.4 Å². The van der Waals surface area contributed by atoms with Crippen molar-refractivity contribution in [3.05, 3.63) is 18.3 Å². The second-order valence-corrected chi connectivity index (χ2v) is 3.99. The average Bonchev–Trinajstić information content (AvgIpc) is 2.31. The van der Waals surface area contributed by atoms with Crippen LogP contribution in [0.15, 0.2) is 18.3 Å². The number of hydrogen-bond acceptors (Lipinski definition) is 4. The van der Waals surface area contributed by atoms with Crippen LogP contribution in [0.4, 0.5) is 5.82 Å². The third kappa shape index (κ3) is 2.89. The lowest BCUT2D eigenvalue weighted by Crippen LogP contribution is -2.31. The van der Waals surface area contributed by atoms with Gasteiger partial charge in [-0.2, -0.15) is 5.10 Å². The molecule has 1 unspecified atom stereocenters. The molecule has 0 spiro atoms. The summed E-state index contributed by atoms with van der Waals surface area (Å²) in [5, 5.41) is 11.2. The summed E-state index contributed by atoms with van der Waals surface area (Å²) in [5.74, 6) is 1.54. The number of anilines is 1. The van der Waals surface area contributed by atoms with E-state index in [1.54, 1.807) is 6.20 Å². The monoisotopic (exact) mass is 207 g/mol. The van der Waals surface area contributed by atoms with E-state index in [1.165, 1.54) is 0 Å². The number of hydrogen-bond donors (Lipinski definition) is 1. The van der Waals surface area contributed by atoms with Crippen LogP contribution in [0.5, 0.6) is 0 Å². The van der Waals surface area contributed by atoms with E-state index in [1.807, 2.05) is 12.1 Å². The minimum absolute atomic E-state index is 0.436. The first-order valence-corrected chi connectivity index (χ1v) is 5.48. The van der Waals surface area contributed by atoms with Crippen LogP contribution in [0.2, 0.25) is 0 Å². The molecule has 0 bridgehead atoms. The fourth-order valence-corrected chi connectivity index (χ4v) is 1.95. The van der Waals surface area contributed by atoms with Crippen molar-refractivity contribution in [1.29, 1.82) is 0 Å². The molecule has 2 heterocycles. The first kappa shape index (κ1) is 10.4. The Morgan fingerprint density at radius 1 is 1.47 bits per heavy atom. The molecule has 1 aromatic rings. The van der Waals surface area contributed by atoms with Gasteiger partial charge < -0.3 is 10.1 Å². The van der Waals surface area contributed by atoms with Crippen LogP contribution in [0, 0.1) is 5.92 Å². The predicted molar refractivity (Wildman–Crippen MR) is 58.7 cm³/mol. The van der Waals surface area contributed by atoms with E-state index in [9.17, 15) is 0 Å². The van der Waals surface area contributed by atoms with Gasteiger partial charge in [0.1, 0.15) is 5.82 Å². The fraction of sp³-hybridized carbons (Fsp3) is 0.636. The van der Waals surface area contributed by atoms with Gasteiger partial charge in [0.2, 0.25) is 0 Å². The molecular formula is C11H17N3O. The molecule has 1 aliphatic rings. The van der Waals surface area contributed by atoms with E-state index in [-0.39, 0.29) is 0 Å². The Morgan fingerprint density at radius 3 is 2.93 bits per heavy atom. The van der Waals surface area contributed by atoms with Gasteiger partial charge in [-0.15, -0.1) is 5.10 Å². The number of nitrogens with zero attached hydrogens (tertiary/aromatic N) is 2. The molecule has 0 aliphatic carbocycles. The first-order valence-electron chi connectivity index (χ1n) is 5.48. The van der Waals surface area contributed by atoms with Gasteiger partial charge in [0.25, 0.3) is 0 Å². The molecule has 2 rings (SSSR count). The van der Waals surface area contributed by atoms with Gasteiger partial charge in [-0.05, 0) is 37.8 Å². The SMILES string of the molecule is CC(Nc1cccnn1)C1CCOCC1. The lowest BCUT2D eigenvalue weighted by molar-refractivity contribution is 0.0622. The molecular weight excluding hydrogens is 190 g/mol. The molecule has 1 N–H and O–H groups in total. The maximum atomic E-state index is 5.34. The van der Waals surface area contributed by atoms with Crippen molar-refractivity contribution in [2.75, 3.05) is 18.5 Å². The van der Waals surface area contributed by atoms with Gasteiger partial charge in [-0.25, -0.2) is 0 Å². The third-order valence-corrected chi connectivity index (χ3v) is 2.92. The zero-order chi connectivity index (χ0) is 10.5. The number of aromatic nitrogens is 2. The Kier molecular flexibility index (Phi) is 3.50. The molecule has 1 fully saturated rings. The first-order chi connectivity index (χ1) is 7.36. The van der Waals surface area contributed by atoms with Gasteiger partial charge in [0.05, 0.1) is 0 Å². The van der Waals surface area contributed by atoms with Crippen molar-refractivity contribution in [3.8, 4) is 0 Å². The highest BCUT2D eigenvalue weighted by atomic mass is 16.5. The van der Waals surface area contributed by atoms with Crippen molar-refractivity contribution in [2.45, 2.75) is 25.8 Å². The molecule has 1 atom stereocenters.